The van der Waals surface area contributed by atoms with E-state index in [1.807, 2.05) is 6.92 Å². The van der Waals surface area contributed by atoms with E-state index in [0.717, 1.165) is 9.87 Å². The first kappa shape index (κ1) is 19.9. The largest absolute Gasteiger partial charge is 0.392 e. The van der Waals surface area contributed by atoms with Gasteiger partial charge in [0.1, 0.15) is 11.9 Å². The van der Waals surface area contributed by atoms with Crippen LogP contribution in [0.3, 0.4) is 0 Å². The zero-order chi connectivity index (χ0) is 19.8. The number of β-amino-alcohol motifs (C(OH)–C–C–N with tert-alkyl or cyclic N) is 1. The molecule has 1 aliphatic heterocycles. The summed E-state index contributed by atoms with van der Waals surface area (Å²) in [6.07, 6.45) is -1.04. The average molecular weight is 457 g/mol. The van der Waals surface area contributed by atoms with Crippen LogP contribution in [-0.4, -0.2) is 42.4 Å². The smallest absolute Gasteiger partial charge is 0.243 e. The molecular weight excluding hydrogens is 439 g/mol. The molecule has 1 aliphatic rings. The zero-order valence-electron chi connectivity index (χ0n) is 14.4. The van der Waals surface area contributed by atoms with Crippen LogP contribution in [0.5, 0.6) is 0 Å². The van der Waals surface area contributed by atoms with Gasteiger partial charge in [0.15, 0.2) is 0 Å². The summed E-state index contributed by atoms with van der Waals surface area (Å²) in [5, 5.41) is 12.4. The lowest BCUT2D eigenvalue weighted by Crippen LogP contribution is -2.43. The van der Waals surface area contributed by atoms with Crippen LogP contribution in [0.25, 0.3) is 0 Å². The minimum atomic E-state index is -3.98. The fraction of sp³-hybridized carbons (Fsp3) is 0.278. The van der Waals surface area contributed by atoms with Crippen LogP contribution < -0.4 is 5.32 Å². The van der Waals surface area contributed by atoms with Gasteiger partial charge in [0.25, 0.3) is 0 Å². The number of nitrogens with zero attached hydrogens (tertiary/aromatic N) is 1. The topological polar surface area (TPSA) is 86.7 Å². The Kier molecular flexibility index (Phi) is 5.66. The van der Waals surface area contributed by atoms with Gasteiger partial charge in [-0.15, -0.1) is 0 Å². The van der Waals surface area contributed by atoms with Crippen molar-refractivity contribution in [2.45, 2.75) is 30.4 Å². The number of anilines is 1. The quantitative estimate of drug-likeness (QED) is 0.740. The average Bonchev–Trinajstić information content (AvgIpc) is 3.00. The number of rotatable bonds is 4. The first-order chi connectivity index (χ1) is 12.7. The summed E-state index contributed by atoms with van der Waals surface area (Å²) in [7, 11) is -3.98. The molecule has 1 amide bonds. The van der Waals surface area contributed by atoms with Crippen molar-refractivity contribution in [3.63, 3.8) is 0 Å². The van der Waals surface area contributed by atoms with Crippen LogP contribution in [-0.2, 0) is 14.8 Å². The van der Waals surface area contributed by atoms with E-state index in [1.54, 1.807) is 18.2 Å². The highest BCUT2D eigenvalue weighted by molar-refractivity contribution is 9.10. The molecule has 2 atom stereocenters. The maximum Gasteiger partial charge on any atom is 0.243 e. The molecule has 6 nitrogen and oxygen atoms in total. The van der Waals surface area contributed by atoms with Gasteiger partial charge < -0.3 is 10.4 Å². The van der Waals surface area contributed by atoms with Gasteiger partial charge in [0, 0.05) is 17.4 Å². The predicted molar refractivity (Wildman–Crippen MR) is 102 cm³/mol. The first-order valence-electron chi connectivity index (χ1n) is 8.21. The summed E-state index contributed by atoms with van der Waals surface area (Å²) in [4.78, 5) is 12.7. The molecule has 0 radical (unpaired) electrons. The van der Waals surface area contributed by atoms with Crippen LogP contribution >= 0.6 is 15.9 Å². The molecule has 1 heterocycles. The maximum atomic E-state index is 14.0. The lowest BCUT2D eigenvalue weighted by Gasteiger charge is -2.23. The van der Waals surface area contributed by atoms with E-state index >= 15 is 0 Å². The normalized spacial score (nSPS) is 20.6. The minimum absolute atomic E-state index is 0.0369. The molecule has 0 bridgehead atoms. The van der Waals surface area contributed by atoms with E-state index in [9.17, 15) is 22.7 Å². The third kappa shape index (κ3) is 4.21. The number of aliphatic hydroxyl groups is 1. The number of hydrogen-bond donors (Lipinski definition) is 2. The highest BCUT2D eigenvalue weighted by Crippen LogP contribution is 2.28. The minimum Gasteiger partial charge on any atom is -0.392 e. The number of carbonyl (C=O) groups is 1. The monoisotopic (exact) mass is 456 g/mol. The van der Waals surface area contributed by atoms with E-state index in [2.05, 4.69) is 21.2 Å². The fourth-order valence-electron chi connectivity index (χ4n) is 2.94. The van der Waals surface area contributed by atoms with Crippen LogP contribution in [0, 0.1) is 12.7 Å². The number of halogens is 2. The molecule has 2 aromatic rings. The second-order valence-electron chi connectivity index (χ2n) is 6.41. The number of amides is 1. The third-order valence-corrected chi connectivity index (χ3v) is 6.74. The van der Waals surface area contributed by atoms with Crippen molar-refractivity contribution in [2.75, 3.05) is 11.9 Å². The molecule has 1 saturated heterocycles. The Hall–Kier alpha value is -1.81. The van der Waals surface area contributed by atoms with Crippen LogP contribution in [0.15, 0.2) is 51.8 Å². The third-order valence-electron chi connectivity index (χ3n) is 4.35. The van der Waals surface area contributed by atoms with E-state index < -0.39 is 33.9 Å². The van der Waals surface area contributed by atoms with E-state index in [-0.39, 0.29) is 23.5 Å². The molecule has 9 heteroatoms. The van der Waals surface area contributed by atoms with Gasteiger partial charge in [-0.25, -0.2) is 12.8 Å². The van der Waals surface area contributed by atoms with Gasteiger partial charge in [-0.2, -0.15) is 4.31 Å². The van der Waals surface area contributed by atoms with Crippen molar-refractivity contribution < 1.29 is 22.7 Å². The summed E-state index contributed by atoms with van der Waals surface area (Å²) in [5.74, 6) is -1.34. The first-order valence-corrected chi connectivity index (χ1v) is 10.4. The second kappa shape index (κ2) is 7.67. The molecule has 144 valence electrons. The summed E-state index contributed by atoms with van der Waals surface area (Å²) in [5.41, 5.74) is 0.840. The van der Waals surface area contributed by atoms with Gasteiger partial charge in [-0.05, 0) is 37.3 Å². The number of aliphatic hydroxyl groups excluding tert-OH is 1. The van der Waals surface area contributed by atoms with Crippen LogP contribution in [0.2, 0.25) is 0 Å². The Labute approximate surface area is 165 Å². The molecule has 27 heavy (non-hydrogen) atoms. The van der Waals surface area contributed by atoms with Crippen molar-refractivity contribution in [1.29, 1.82) is 0 Å². The standard InChI is InChI=1S/C18H18BrFN2O4S/c1-11-2-5-14(6-3-11)27(25,26)22-10-13(23)9-17(22)18(24)21-16-7-4-12(19)8-15(16)20/h2-8,13,17,23H,9-10H2,1H3,(H,21,24). The van der Waals surface area contributed by atoms with Gasteiger partial charge in [-0.1, -0.05) is 33.6 Å². The predicted octanol–water partition coefficient (Wildman–Crippen LogP) is 2.66. The molecule has 0 spiro atoms. The Balaban J connectivity index is 1.87. The lowest BCUT2D eigenvalue weighted by molar-refractivity contribution is -0.119. The van der Waals surface area contributed by atoms with Gasteiger partial charge in [0.2, 0.25) is 15.9 Å². The van der Waals surface area contributed by atoms with Crippen LogP contribution in [0.1, 0.15) is 12.0 Å². The molecule has 3 rings (SSSR count). The molecule has 0 saturated carbocycles. The summed E-state index contributed by atoms with van der Waals surface area (Å²) in [6.45, 7) is 1.64. The number of aryl methyl sites for hydroxylation is 1. The van der Waals surface area contributed by atoms with Gasteiger partial charge >= 0.3 is 0 Å². The molecule has 2 aromatic carbocycles. The SMILES string of the molecule is Cc1ccc(S(=O)(=O)N2CC(O)CC2C(=O)Nc2ccc(Br)cc2F)cc1. The number of nitrogens with one attached hydrogen (secondary N) is 1. The Morgan fingerprint density at radius 2 is 1.93 bits per heavy atom. The second-order valence-corrected chi connectivity index (χ2v) is 9.21. The number of sulfonamides is 1. The maximum absolute atomic E-state index is 14.0. The van der Waals surface area contributed by atoms with E-state index in [0.29, 0.717) is 4.47 Å². The molecular formula is C18H18BrFN2O4S. The van der Waals surface area contributed by atoms with Gasteiger partial charge in [-0.3, -0.25) is 4.79 Å². The van der Waals surface area contributed by atoms with Gasteiger partial charge in [0.05, 0.1) is 16.7 Å². The number of benzene rings is 2. The van der Waals surface area contributed by atoms with Crippen molar-refractivity contribution in [1.82, 2.24) is 4.31 Å². The lowest BCUT2D eigenvalue weighted by atomic mass is 10.2. The number of hydrogen-bond acceptors (Lipinski definition) is 4. The summed E-state index contributed by atoms with van der Waals surface area (Å²) < 4.78 is 41.3. The Morgan fingerprint density at radius 3 is 2.56 bits per heavy atom. The van der Waals surface area contributed by atoms with Crippen LogP contribution in [0.4, 0.5) is 10.1 Å². The molecule has 0 aliphatic carbocycles. The molecule has 0 aromatic heterocycles. The van der Waals surface area contributed by atoms with Crippen molar-refractivity contribution in [3.05, 3.63) is 58.3 Å². The van der Waals surface area contributed by atoms with Crippen molar-refractivity contribution in [2.24, 2.45) is 0 Å². The highest BCUT2D eigenvalue weighted by atomic mass is 79.9. The summed E-state index contributed by atoms with van der Waals surface area (Å²) in [6, 6.07) is 9.23. The van der Waals surface area contributed by atoms with E-state index in [4.69, 9.17) is 0 Å². The molecule has 1 fully saturated rings. The van der Waals surface area contributed by atoms with E-state index in [1.165, 1.54) is 24.3 Å². The van der Waals surface area contributed by atoms with Crippen molar-refractivity contribution in [3.8, 4) is 0 Å². The number of carbonyl (C=O) groups excluding carboxylic acids is 1. The molecule has 2 N–H and O–H groups in total. The Bertz CT molecular complexity index is 966. The molecule has 2 unspecified atom stereocenters. The van der Waals surface area contributed by atoms with Crippen molar-refractivity contribution >= 4 is 37.5 Å². The highest BCUT2D eigenvalue weighted by Gasteiger charge is 2.43. The fourth-order valence-corrected chi connectivity index (χ4v) is 4.91. The summed E-state index contributed by atoms with van der Waals surface area (Å²) >= 11 is 3.13. The Morgan fingerprint density at radius 1 is 1.26 bits per heavy atom. The zero-order valence-corrected chi connectivity index (χ0v) is 16.8.